The molecule has 3 heterocycles. The monoisotopic (exact) mass is 343 g/mol. The summed E-state index contributed by atoms with van der Waals surface area (Å²) in [5, 5.41) is 0. The first-order valence-corrected chi connectivity index (χ1v) is 9.55. The molecular formula is C20H29N3O2. The molecule has 1 aromatic carbocycles. The van der Waals surface area contributed by atoms with Crippen molar-refractivity contribution in [2.45, 2.75) is 31.6 Å². The lowest BCUT2D eigenvalue weighted by molar-refractivity contribution is -0.135. The quantitative estimate of drug-likeness (QED) is 0.829. The molecule has 1 aromatic rings. The van der Waals surface area contributed by atoms with Gasteiger partial charge in [-0.3, -0.25) is 9.69 Å². The molecule has 0 aromatic heterocycles. The number of carbonyl (C=O) groups excluding carboxylic acids is 1. The van der Waals surface area contributed by atoms with Crippen LogP contribution in [0.1, 0.15) is 18.4 Å². The van der Waals surface area contributed by atoms with E-state index >= 15 is 0 Å². The highest BCUT2D eigenvalue weighted by atomic mass is 16.5. The molecule has 0 radical (unpaired) electrons. The van der Waals surface area contributed by atoms with Gasteiger partial charge in [0.2, 0.25) is 5.91 Å². The molecule has 136 valence electrons. The number of piperazine rings is 1. The van der Waals surface area contributed by atoms with E-state index in [1.54, 1.807) is 0 Å². The van der Waals surface area contributed by atoms with E-state index in [2.05, 4.69) is 47.2 Å². The molecule has 3 atom stereocenters. The van der Waals surface area contributed by atoms with Gasteiger partial charge in [-0.05, 0) is 19.0 Å². The maximum absolute atomic E-state index is 12.5. The normalized spacial score (nSPS) is 30.6. The first kappa shape index (κ1) is 17.0. The van der Waals surface area contributed by atoms with E-state index in [1.807, 2.05) is 4.90 Å². The second-order valence-electron chi connectivity index (χ2n) is 7.86. The van der Waals surface area contributed by atoms with Gasteiger partial charge in [0.25, 0.3) is 0 Å². The summed E-state index contributed by atoms with van der Waals surface area (Å²) in [6.07, 6.45) is 2.04. The van der Waals surface area contributed by atoms with Crippen LogP contribution in [0.3, 0.4) is 0 Å². The van der Waals surface area contributed by atoms with Gasteiger partial charge in [-0.1, -0.05) is 30.3 Å². The van der Waals surface area contributed by atoms with Crippen LogP contribution in [0.15, 0.2) is 30.3 Å². The van der Waals surface area contributed by atoms with Crippen molar-refractivity contribution in [3.05, 3.63) is 35.9 Å². The summed E-state index contributed by atoms with van der Waals surface area (Å²) >= 11 is 0. The largest absolute Gasteiger partial charge is 0.373 e. The van der Waals surface area contributed by atoms with Gasteiger partial charge in [-0.2, -0.15) is 0 Å². The Morgan fingerprint density at radius 1 is 1.12 bits per heavy atom. The highest BCUT2D eigenvalue weighted by Gasteiger charge is 2.42. The van der Waals surface area contributed by atoms with Crippen LogP contribution in [0.25, 0.3) is 0 Å². The van der Waals surface area contributed by atoms with E-state index in [9.17, 15) is 4.79 Å². The topological polar surface area (TPSA) is 36.0 Å². The number of amides is 1. The Kier molecular flexibility index (Phi) is 5.06. The van der Waals surface area contributed by atoms with E-state index in [4.69, 9.17) is 4.74 Å². The Labute approximate surface area is 150 Å². The van der Waals surface area contributed by atoms with Gasteiger partial charge < -0.3 is 14.5 Å². The molecule has 5 nitrogen and oxygen atoms in total. The number of carbonyl (C=O) groups is 1. The first-order chi connectivity index (χ1) is 12.2. The van der Waals surface area contributed by atoms with E-state index in [-0.39, 0.29) is 12.0 Å². The molecule has 3 aliphatic heterocycles. The molecule has 4 rings (SSSR count). The fourth-order valence-corrected chi connectivity index (χ4v) is 4.43. The molecular weight excluding hydrogens is 314 g/mol. The number of hydrogen-bond acceptors (Lipinski definition) is 4. The van der Waals surface area contributed by atoms with Gasteiger partial charge in [0.15, 0.2) is 0 Å². The number of fused-ring (bicyclic) bond motifs is 1. The summed E-state index contributed by atoms with van der Waals surface area (Å²) in [4.78, 5) is 19.3. The zero-order chi connectivity index (χ0) is 17.2. The number of benzene rings is 1. The average molecular weight is 343 g/mol. The van der Waals surface area contributed by atoms with Crippen LogP contribution in [-0.2, 0) is 16.1 Å². The van der Waals surface area contributed by atoms with Crippen LogP contribution < -0.4 is 0 Å². The van der Waals surface area contributed by atoms with E-state index < -0.39 is 0 Å². The fraction of sp³-hybridized carbons (Fsp3) is 0.650. The van der Waals surface area contributed by atoms with Crippen LogP contribution in [0.5, 0.6) is 0 Å². The van der Waals surface area contributed by atoms with Crippen LogP contribution in [0, 0.1) is 5.92 Å². The van der Waals surface area contributed by atoms with Crippen LogP contribution >= 0.6 is 0 Å². The highest BCUT2D eigenvalue weighted by molar-refractivity contribution is 5.76. The van der Waals surface area contributed by atoms with Crippen molar-refractivity contribution < 1.29 is 9.53 Å². The molecule has 3 saturated heterocycles. The second kappa shape index (κ2) is 7.44. The Morgan fingerprint density at radius 2 is 1.88 bits per heavy atom. The highest BCUT2D eigenvalue weighted by Crippen LogP contribution is 2.35. The Bertz CT molecular complexity index is 572. The first-order valence-electron chi connectivity index (χ1n) is 9.55. The van der Waals surface area contributed by atoms with Crippen LogP contribution in [-0.4, -0.2) is 79.1 Å². The molecule has 0 saturated carbocycles. The molecule has 1 amide bonds. The number of ether oxygens (including phenoxy) is 1. The van der Waals surface area contributed by atoms with Gasteiger partial charge in [-0.15, -0.1) is 0 Å². The van der Waals surface area contributed by atoms with Crippen molar-refractivity contribution in [1.82, 2.24) is 14.7 Å². The Morgan fingerprint density at radius 3 is 2.60 bits per heavy atom. The zero-order valence-electron chi connectivity index (χ0n) is 15.1. The Hall–Kier alpha value is -1.43. The maximum atomic E-state index is 12.5. The fourth-order valence-electron chi connectivity index (χ4n) is 4.43. The van der Waals surface area contributed by atoms with Crippen molar-refractivity contribution in [3.63, 3.8) is 0 Å². The molecule has 0 aliphatic carbocycles. The summed E-state index contributed by atoms with van der Waals surface area (Å²) in [7, 11) is 2.12. The van der Waals surface area contributed by atoms with Gasteiger partial charge in [-0.25, -0.2) is 0 Å². The van der Waals surface area contributed by atoms with Gasteiger partial charge in [0.05, 0.1) is 18.6 Å². The van der Waals surface area contributed by atoms with Crippen molar-refractivity contribution >= 4 is 5.91 Å². The lowest BCUT2D eigenvalue weighted by Crippen LogP contribution is -2.47. The van der Waals surface area contributed by atoms with Crippen LogP contribution in [0.2, 0.25) is 0 Å². The summed E-state index contributed by atoms with van der Waals surface area (Å²) < 4.78 is 6.24. The SMILES string of the molecule is CN1CCN(C(=O)C[C@H]2C[C@H]3CN(Cc4ccccc4)C[C@H]3O2)CC1. The third-order valence-electron chi connectivity index (χ3n) is 5.90. The van der Waals surface area contributed by atoms with Gasteiger partial charge in [0, 0.05) is 51.7 Å². The van der Waals surface area contributed by atoms with E-state index in [0.29, 0.717) is 18.4 Å². The average Bonchev–Trinajstić information content (AvgIpc) is 3.14. The molecule has 5 heteroatoms. The maximum Gasteiger partial charge on any atom is 0.225 e. The number of rotatable bonds is 4. The lowest BCUT2D eigenvalue weighted by atomic mass is 10.0. The number of likely N-dealkylation sites (tertiary alicyclic amines) is 1. The van der Waals surface area contributed by atoms with Gasteiger partial charge >= 0.3 is 0 Å². The summed E-state index contributed by atoms with van der Waals surface area (Å²) in [6.45, 7) is 6.78. The molecule has 0 bridgehead atoms. The van der Waals surface area contributed by atoms with E-state index in [1.165, 1.54) is 5.56 Å². The summed E-state index contributed by atoms with van der Waals surface area (Å²) in [5.41, 5.74) is 1.37. The van der Waals surface area contributed by atoms with Gasteiger partial charge in [0.1, 0.15) is 0 Å². The molecule has 3 aliphatic rings. The number of likely N-dealkylation sites (N-methyl/N-ethyl adjacent to an activating group) is 1. The molecule has 3 fully saturated rings. The lowest BCUT2D eigenvalue weighted by Gasteiger charge is -2.33. The van der Waals surface area contributed by atoms with Crippen molar-refractivity contribution in [3.8, 4) is 0 Å². The summed E-state index contributed by atoms with van der Waals surface area (Å²) in [6, 6.07) is 10.6. The minimum atomic E-state index is 0.126. The van der Waals surface area contributed by atoms with Crippen molar-refractivity contribution in [2.24, 2.45) is 5.92 Å². The zero-order valence-corrected chi connectivity index (χ0v) is 15.1. The smallest absolute Gasteiger partial charge is 0.225 e. The third-order valence-corrected chi connectivity index (χ3v) is 5.90. The number of nitrogens with zero attached hydrogens (tertiary/aromatic N) is 3. The molecule has 0 spiro atoms. The van der Waals surface area contributed by atoms with E-state index in [0.717, 1.165) is 52.2 Å². The number of hydrogen-bond donors (Lipinski definition) is 0. The molecule has 0 N–H and O–H groups in total. The Balaban J connectivity index is 1.23. The molecule has 0 unspecified atom stereocenters. The third kappa shape index (κ3) is 4.05. The minimum Gasteiger partial charge on any atom is -0.373 e. The second-order valence-corrected chi connectivity index (χ2v) is 7.86. The van der Waals surface area contributed by atoms with Crippen LogP contribution in [0.4, 0.5) is 0 Å². The minimum absolute atomic E-state index is 0.126. The molecule has 25 heavy (non-hydrogen) atoms. The van der Waals surface area contributed by atoms with Crippen molar-refractivity contribution in [1.29, 1.82) is 0 Å². The predicted molar refractivity (Wildman–Crippen MR) is 97.2 cm³/mol. The standard InChI is InChI=1S/C20H29N3O2/c1-21-7-9-23(10-8-21)20(24)12-18-11-17-14-22(15-19(17)25-18)13-16-5-3-2-4-6-16/h2-6,17-19H,7-15H2,1H3/t17-,18+,19+/m0/s1. The van der Waals surface area contributed by atoms with Crippen molar-refractivity contribution in [2.75, 3.05) is 46.3 Å². The predicted octanol–water partition coefficient (Wildman–Crippen LogP) is 1.44. The summed E-state index contributed by atoms with van der Waals surface area (Å²) in [5.74, 6) is 0.869.